The van der Waals surface area contributed by atoms with Gasteiger partial charge in [0, 0.05) is 17.9 Å². The van der Waals surface area contributed by atoms with Crippen LogP contribution in [0, 0.1) is 6.92 Å². The highest BCUT2D eigenvalue weighted by Gasteiger charge is 2.26. The predicted octanol–water partition coefficient (Wildman–Crippen LogP) is 3.27. The minimum atomic E-state index is 0.660. The highest BCUT2D eigenvalue weighted by Crippen LogP contribution is 2.37. The number of anilines is 2. The summed E-state index contributed by atoms with van der Waals surface area (Å²) in [4.78, 5) is 4.52. The second-order valence-electron chi connectivity index (χ2n) is 4.34. The fourth-order valence-electron chi connectivity index (χ4n) is 1.89. The lowest BCUT2D eigenvalue weighted by molar-refractivity contribution is 0.750. The molecule has 16 heavy (non-hydrogen) atoms. The molecule has 1 aliphatic rings. The van der Waals surface area contributed by atoms with Crippen LogP contribution >= 0.6 is 0 Å². The van der Waals surface area contributed by atoms with Crippen molar-refractivity contribution in [2.24, 2.45) is 0 Å². The Morgan fingerprint density at radius 2 is 2.00 bits per heavy atom. The van der Waals surface area contributed by atoms with Crippen molar-refractivity contribution in [3.63, 3.8) is 0 Å². The molecular weight excluding hydrogens is 198 g/mol. The number of rotatable bonds is 3. The van der Waals surface area contributed by atoms with E-state index in [9.17, 15) is 0 Å². The minimum absolute atomic E-state index is 0.660. The second-order valence-corrected chi connectivity index (χ2v) is 4.34. The van der Waals surface area contributed by atoms with Crippen LogP contribution < -0.4 is 5.32 Å². The van der Waals surface area contributed by atoms with Crippen molar-refractivity contribution in [2.75, 3.05) is 5.32 Å². The van der Waals surface area contributed by atoms with E-state index in [0.717, 1.165) is 17.3 Å². The van der Waals surface area contributed by atoms with Crippen LogP contribution in [0.5, 0.6) is 0 Å². The number of para-hydroxylation sites is 1. The Hall–Kier alpha value is -1.77. The van der Waals surface area contributed by atoms with E-state index in [1.54, 1.807) is 0 Å². The first-order valence-electron chi connectivity index (χ1n) is 5.70. The van der Waals surface area contributed by atoms with Crippen LogP contribution in [0.4, 0.5) is 11.6 Å². The number of nitrogens with zero attached hydrogens (tertiary/aromatic N) is 2. The van der Waals surface area contributed by atoms with E-state index in [4.69, 9.17) is 0 Å². The molecule has 0 saturated heterocycles. The number of nitrogens with one attached hydrogen (secondary N) is 1. The Bertz CT molecular complexity index is 483. The normalized spacial score (nSPS) is 15.1. The van der Waals surface area contributed by atoms with E-state index in [0.29, 0.717) is 6.04 Å². The van der Waals surface area contributed by atoms with E-state index in [1.807, 2.05) is 25.1 Å². The molecule has 1 aliphatic carbocycles. The minimum Gasteiger partial charge on any atom is -0.326 e. The van der Waals surface area contributed by atoms with Gasteiger partial charge in [-0.05, 0) is 31.9 Å². The zero-order valence-electron chi connectivity index (χ0n) is 9.35. The highest BCUT2D eigenvalue weighted by molar-refractivity contribution is 5.53. The van der Waals surface area contributed by atoms with Crippen molar-refractivity contribution >= 4 is 11.6 Å². The second kappa shape index (κ2) is 3.67. The Morgan fingerprint density at radius 3 is 2.69 bits per heavy atom. The van der Waals surface area contributed by atoms with Crippen LogP contribution in [-0.2, 0) is 0 Å². The lowest BCUT2D eigenvalue weighted by Gasteiger charge is -2.08. The molecular formula is C13H15N3. The van der Waals surface area contributed by atoms with Crippen molar-refractivity contribution in [2.45, 2.75) is 25.8 Å². The van der Waals surface area contributed by atoms with Gasteiger partial charge in [-0.2, -0.15) is 0 Å². The SMILES string of the molecule is Cc1cn(C2CC2)c(Nc2ccccc2)n1. The Labute approximate surface area is 95.1 Å². The molecule has 0 atom stereocenters. The maximum absolute atomic E-state index is 4.52. The predicted molar refractivity (Wildman–Crippen MR) is 65.0 cm³/mol. The van der Waals surface area contributed by atoms with Gasteiger partial charge in [-0.3, -0.25) is 0 Å². The third-order valence-corrected chi connectivity index (χ3v) is 2.82. The fraction of sp³-hybridized carbons (Fsp3) is 0.308. The van der Waals surface area contributed by atoms with Crippen LogP contribution in [-0.4, -0.2) is 9.55 Å². The molecule has 1 saturated carbocycles. The first-order valence-corrected chi connectivity index (χ1v) is 5.70. The summed E-state index contributed by atoms with van der Waals surface area (Å²) in [6, 6.07) is 10.8. The summed E-state index contributed by atoms with van der Waals surface area (Å²) in [6.07, 6.45) is 4.68. The number of hydrogen-bond donors (Lipinski definition) is 1. The monoisotopic (exact) mass is 213 g/mol. The lowest BCUT2D eigenvalue weighted by Crippen LogP contribution is -2.00. The first kappa shape index (κ1) is 9.46. The number of benzene rings is 1. The van der Waals surface area contributed by atoms with Crippen LogP contribution in [0.1, 0.15) is 24.6 Å². The van der Waals surface area contributed by atoms with E-state index >= 15 is 0 Å². The van der Waals surface area contributed by atoms with Gasteiger partial charge in [0.25, 0.3) is 0 Å². The zero-order valence-corrected chi connectivity index (χ0v) is 9.35. The maximum Gasteiger partial charge on any atom is 0.207 e. The molecule has 0 bridgehead atoms. The maximum atomic E-state index is 4.52. The summed E-state index contributed by atoms with van der Waals surface area (Å²) in [5.74, 6) is 0.964. The Kier molecular flexibility index (Phi) is 2.17. The zero-order chi connectivity index (χ0) is 11.0. The van der Waals surface area contributed by atoms with Gasteiger partial charge < -0.3 is 9.88 Å². The summed E-state index contributed by atoms with van der Waals surface area (Å²) >= 11 is 0. The molecule has 0 aliphatic heterocycles. The molecule has 1 heterocycles. The summed E-state index contributed by atoms with van der Waals surface area (Å²) in [5, 5.41) is 3.37. The molecule has 1 fully saturated rings. The number of hydrogen-bond acceptors (Lipinski definition) is 2. The molecule has 0 spiro atoms. The quantitative estimate of drug-likeness (QED) is 0.848. The van der Waals surface area contributed by atoms with Crippen LogP contribution in [0.25, 0.3) is 0 Å². The highest BCUT2D eigenvalue weighted by atomic mass is 15.2. The molecule has 3 rings (SSSR count). The molecule has 1 N–H and O–H groups in total. The van der Waals surface area contributed by atoms with Gasteiger partial charge in [0.2, 0.25) is 5.95 Å². The molecule has 0 radical (unpaired) electrons. The molecule has 3 nitrogen and oxygen atoms in total. The molecule has 82 valence electrons. The van der Waals surface area contributed by atoms with Crippen LogP contribution in [0.2, 0.25) is 0 Å². The summed E-state index contributed by atoms with van der Waals surface area (Å²) in [5.41, 5.74) is 2.17. The Morgan fingerprint density at radius 1 is 1.25 bits per heavy atom. The number of imidazole rings is 1. The van der Waals surface area contributed by atoms with E-state index in [1.165, 1.54) is 12.8 Å². The Balaban J connectivity index is 1.89. The van der Waals surface area contributed by atoms with Gasteiger partial charge in [0.05, 0.1) is 5.69 Å². The van der Waals surface area contributed by atoms with Crippen LogP contribution in [0.15, 0.2) is 36.5 Å². The lowest BCUT2D eigenvalue weighted by atomic mass is 10.3. The number of aromatic nitrogens is 2. The average molecular weight is 213 g/mol. The summed E-state index contributed by atoms with van der Waals surface area (Å²) in [7, 11) is 0. The molecule has 2 aromatic rings. The standard InChI is InChI=1S/C13H15N3/c1-10-9-16(12-7-8-12)13(14-10)15-11-5-3-2-4-6-11/h2-6,9,12H,7-8H2,1H3,(H,14,15). The summed E-state index contributed by atoms with van der Waals surface area (Å²) in [6.45, 7) is 2.04. The molecule has 1 aromatic heterocycles. The van der Waals surface area contributed by atoms with Crippen molar-refractivity contribution in [3.8, 4) is 0 Å². The third-order valence-electron chi connectivity index (χ3n) is 2.82. The molecule has 3 heteroatoms. The van der Waals surface area contributed by atoms with Gasteiger partial charge in [0.1, 0.15) is 0 Å². The third kappa shape index (κ3) is 1.81. The number of aryl methyl sites for hydroxylation is 1. The van der Waals surface area contributed by atoms with Crippen molar-refractivity contribution in [3.05, 3.63) is 42.2 Å². The smallest absolute Gasteiger partial charge is 0.207 e. The van der Waals surface area contributed by atoms with Crippen molar-refractivity contribution in [1.82, 2.24) is 9.55 Å². The molecule has 0 unspecified atom stereocenters. The van der Waals surface area contributed by atoms with E-state index in [2.05, 4.69) is 33.2 Å². The van der Waals surface area contributed by atoms with E-state index < -0.39 is 0 Å². The van der Waals surface area contributed by atoms with Crippen molar-refractivity contribution in [1.29, 1.82) is 0 Å². The first-order chi connectivity index (χ1) is 7.83. The van der Waals surface area contributed by atoms with Gasteiger partial charge in [-0.15, -0.1) is 0 Å². The largest absolute Gasteiger partial charge is 0.326 e. The van der Waals surface area contributed by atoms with Gasteiger partial charge in [0.15, 0.2) is 0 Å². The van der Waals surface area contributed by atoms with Gasteiger partial charge >= 0.3 is 0 Å². The fourth-order valence-corrected chi connectivity index (χ4v) is 1.89. The topological polar surface area (TPSA) is 29.9 Å². The average Bonchev–Trinajstić information content (AvgIpc) is 3.06. The van der Waals surface area contributed by atoms with Crippen molar-refractivity contribution < 1.29 is 0 Å². The van der Waals surface area contributed by atoms with Gasteiger partial charge in [-0.1, -0.05) is 18.2 Å². The van der Waals surface area contributed by atoms with Gasteiger partial charge in [-0.25, -0.2) is 4.98 Å². The molecule has 1 aromatic carbocycles. The van der Waals surface area contributed by atoms with E-state index in [-0.39, 0.29) is 0 Å². The molecule has 0 amide bonds. The summed E-state index contributed by atoms with van der Waals surface area (Å²) < 4.78 is 2.25. The van der Waals surface area contributed by atoms with Crippen LogP contribution in [0.3, 0.4) is 0 Å².